The second-order valence-electron chi connectivity index (χ2n) is 5.01. The summed E-state index contributed by atoms with van der Waals surface area (Å²) < 4.78 is 37.7. The molecule has 0 aromatic heterocycles. The molecule has 0 atom stereocenters. The Morgan fingerprint density at radius 1 is 1.25 bits per heavy atom. The van der Waals surface area contributed by atoms with Crippen molar-refractivity contribution < 1.29 is 18.0 Å². The van der Waals surface area contributed by atoms with Crippen molar-refractivity contribution in [1.29, 1.82) is 0 Å². The summed E-state index contributed by atoms with van der Waals surface area (Å²) in [6, 6.07) is 5.15. The van der Waals surface area contributed by atoms with Gasteiger partial charge in [-0.15, -0.1) is 0 Å². The lowest BCUT2D eigenvalue weighted by Gasteiger charge is -2.24. The third-order valence-corrected chi connectivity index (χ3v) is 3.05. The highest BCUT2D eigenvalue weighted by atomic mass is 19.4. The molecule has 0 aliphatic rings. The smallest absolute Gasteiger partial charge is 0.330 e. The monoisotopic (exact) mass is 287 g/mol. The number of nitrogens with zero attached hydrogens (tertiary/aromatic N) is 1. The standard InChI is InChI=1S/C15H20F3NO/c1-4-5-8-19(10-15(16,17)18)14(20)13-7-6-11(2)9-12(13)3/h6-7,9H,4-5,8,10H2,1-3H3. The molecule has 0 bridgehead atoms. The maximum atomic E-state index is 12.6. The first-order chi connectivity index (χ1) is 9.24. The van der Waals surface area contributed by atoms with Crippen LogP contribution in [-0.2, 0) is 0 Å². The van der Waals surface area contributed by atoms with Gasteiger partial charge >= 0.3 is 6.18 Å². The van der Waals surface area contributed by atoms with Crippen LogP contribution in [-0.4, -0.2) is 30.1 Å². The Morgan fingerprint density at radius 3 is 2.40 bits per heavy atom. The van der Waals surface area contributed by atoms with E-state index in [1.54, 1.807) is 25.1 Å². The number of unbranched alkanes of at least 4 members (excludes halogenated alkanes) is 1. The number of carbonyl (C=O) groups is 1. The number of amides is 1. The van der Waals surface area contributed by atoms with Crippen LogP contribution in [0.2, 0.25) is 0 Å². The van der Waals surface area contributed by atoms with E-state index in [2.05, 4.69) is 0 Å². The lowest BCUT2D eigenvalue weighted by atomic mass is 10.0. The van der Waals surface area contributed by atoms with E-state index in [4.69, 9.17) is 0 Å². The van der Waals surface area contributed by atoms with Gasteiger partial charge in [0.2, 0.25) is 0 Å². The second-order valence-corrected chi connectivity index (χ2v) is 5.01. The molecule has 0 radical (unpaired) electrons. The molecule has 1 amide bonds. The van der Waals surface area contributed by atoms with Crippen molar-refractivity contribution in [3.8, 4) is 0 Å². The number of halogens is 3. The molecular formula is C15H20F3NO. The SMILES string of the molecule is CCCCN(CC(F)(F)F)C(=O)c1ccc(C)cc1C. The molecule has 0 N–H and O–H groups in total. The van der Waals surface area contributed by atoms with Gasteiger partial charge in [-0.2, -0.15) is 13.2 Å². The van der Waals surface area contributed by atoms with Crippen LogP contribution in [0.1, 0.15) is 41.3 Å². The zero-order valence-electron chi connectivity index (χ0n) is 12.0. The summed E-state index contributed by atoms with van der Waals surface area (Å²) in [5, 5.41) is 0. The average molecular weight is 287 g/mol. The predicted molar refractivity (Wildman–Crippen MR) is 72.8 cm³/mol. The Labute approximate surface area is 117 Å². The molecule has 1 rings (SSSR count). The number of benzene rings is 1. The normalized spacial score (nSPS) is 11.5. The molecule has 0 saturated heterocycles. The zero-order chi connectivity index (χ0) is 15.3. The van der Waals surface area contributed by atoms with Crippen LogP contribution >= 0.6 is 0 Å². The summed E-state index contributed by atoms with van der Waals surface area (Å²) in [5.74, 6) is -0.548. The number of hydrogen-bond donors (Lipinski definition) is 0. The first-order valence-electron chi connectivity index (χ1n) is 6.68. The van der Waals surface area contributed by atoms with Gasteiger partial charge in [-0.3, -0.25) is 4.79 Å². The molecule has 5 heteroatoms. The van der Waals surface area contributed by atoms with Gasteiger partial charge in [0.15, 0.2) is 0 Å². The Morgan fingerprint density at radius 2 is 1.90 bits per heavy atom. The quantitative estimate of drug-likeness (QED) is 0.798. The van der Waals surface area contributed by atoms with E-state index in [9.17, 15) is 18.0 Å². The number of hydrogen-bond acceptors (Lipinski definition) is 1. The fourth-order valence-corrected chi connectivity index (χ4v) is 2.04. The first kappa shape index (κ1) is 16.5. The summed E-state index contributed by atoms with van der Waals surface area (Å²) in [7, 11) is 0. The highest BCUT2D eigenvalue weighted by Crippen LogP contribution is 2.20. The van der Waals surface area contributed by atoms with Crippen molar-refractivity contribution in [3.05, 3.63) is 34.9 Å². The van der Waals surface area contributed by atoms with E-state index in [1.807, 2.05) is 13.8 Å². The van der Waals surface area contributed by atoms with E-state index in [1.165, 1.54) is 0 Å². The molecule has 0 fully saturated rings. The predicted octanol–water partition coefficient (Wildman–Crippen LogP) is 4.11. The topological polar surface area (TPSA) is 20.3 Å². The molecule has 0 aliphatic carbocycles. The summed E-state index contributed by atoms with van der Waals surface area (Å²) in [4.78, 5) is 13.2. The minimum absolute atomic E-state index is 0.127. The maximum absolute atomic E-state index is 12.6. The minimum Gasteiger partial charge on any atom is -0.330 e. The Balaban J connectivity index is 2.96. The van der Waals surface area contributed by atoms with Gasteiger partial charge in [-0.1, -0.05) is 31.0 Å². The van der Waals surface area contributed by atoms with E-state index >= 15 is 0 Å². The fraction of sp³-hybridized carbons (Fsp3) is 0.533. The molecule has 0 spiro atoms. The molecule has 0 aliphatic heterocycles. The van der Waals surface area contributed by atoms with Gasteiger partial charge in [-0.25, -0.2) is 0 Å². The third kappa shape index (κ3) is 4.87. The van der Waals surface area contributed by atoms with Crippen LogP contribution in [0, 0.1) is 13.8 Å². The zero-order valence-corrected chi connectivity index (χ0v) is 12.0. The third-order valence-electron chi connectivity index (χ3n) is 3.05. The van der Waals surface area contributed by atoms with Crippen LogP contribution in [0.3, 0.4) is 0 Å². The van der Waals surface area contributed by atoms with Crippen molar-refractivity contribution in [2.75, 3.05) is 13.1 Å². The van der Waals surface area contributed by atoms with Crippen LogP contribution in [0.5, 0.6) is 0 Å². The van der Waals surface area contributed by atoms with E-state index < -0.39 is 18.6 Å². The minimum atomic E-state index is -4.37. The van der Waals surface area contributed by atoms with E-state index in [0.717, 1.165) is 16.9 Å². The first-order valence-corrected chi connectivity index (χ1v) is 6.68. The molecule has 0 saturated carbocycles. The molecule has 20 heavy (non-hydrogen) atoms. The second kappa shape index (κ2) is 6.77. The fourth-order valence-electron chi connectivity index (χ4n) is 2.04. The lowest BCUT2D eigenvalue weighted by Crippen LogP contribution is -2.39. The summed E-state index contributed by atoms with van der Waals surface area (Å²) >= 11 is 0. The molecule has 0 unspecified atom stereocenters. The van der Waals surface area contributed by atoms with Gasteiger partial charge in [0.1, 0.15) is 6.54 Å². The highest BCUT2D eigenvalue weighted by molar-refractivity contribution is 5.95. The summed E-state index contributed by atoms with van der Waals surface area (Å²) in [6.45, 7) is 4.44. The van der Waals surface area contributed by atoms with Crippen LogP contribution in [0.15, 0.2) is 18.2 Å². The van der Waals surface area contributed by atoms with Crippen LogP contribution < -0.4 is 0 Å². The summed E-state index contributed by atoms with van der Waals surface area (Å²) in [5.41, 5.74) is 2.03. The van der Waals surface area contributed by atoms with Gasteiger partial charge in [-0.05, 0) is 31.9 Å². The van der Waals surface area contributed by atoms with Crippen molar-refractivity contribution in [3.63, 3.8) is 0 Å². The van der Waals surface area contributed by atoms with Gasteiger partial charge in [0, 0.05) is 12.1 Å². The molecule has 1 aromatic carbocycles. The van der Waals surface area contributed by atoms with E-state index in [0.29, 0.717) is 17.5 Å². The van der Waals surface area contributed by atoms with Gasteiger partial charge in [0.25, 0.3) is 5.91 Å². The largest absolute Gasteiger partial charge is 0.406 e. The molecule has 1 aromatic rings. The average Bonchev–Trinajstić information content (AvgIpc) is 2.32. The number of rotatable bonds is 5. The van der Waals surface area contributed by atoms with Crippen molar-refractivity contribution in [1.82, 2.24) is 4.90 Å². The Bertz CT molecular complexity index is 469. The lowest BCUT2D eigenvalue weighted by molar-refractivity contribution is -0.140. The van der Waals surface area contributed by atoms with Gasteiger partial charge in [0.05, 0.1) is 0 Å². The summed E-state index contributed by atoms with van der Waals surface area (Å²) in [6.07, 6.45) is -3.07. The number of alkyl halides is 3. The van der Waals surface area contributed by atoms with E-state index in [-0.39, 0.29) is 6.54 Å². The van der Waals surface area contributed by atoms with Crippen LogP contribution in [0.25, 0.3) is 0 Å². The number of carbonyl (C=O) groups excluding carboxylic acids is 1. The Hall–Kier alpha value is -1.52. The molecule has 0 heterocycles. The maximum Gasteiger partial charge on any atom is 0.406 e. The molecule has 112 valence electrons. The molecule has 2 nitrogen and oxygen atoms in total. The number of aryl methyl sites for hydroxylation is 2. The Kier molecular flexibility index (Phi) is 5.60. The highest BCUT2D eigenvalue weighted by Gasteiger charge is 2.33. The molecular weight excluding hydrogens is 267 g/mol. The van der Waals surface area contributed by atoms with Crippen LogP contribution in [0.4, 0.5) is 13.2 Å². The van der Waals surface area contributed by atoms with Gasteiger partial charge < -0.3 is 4.90 Å². The van der Waals surface area contributed by atoms with Crippen molar-refractivity contribution >= 4 is 5.91 Å². The van der Waals surface area contributed by atoms with Crippen molar-refractivity contribution in [2.24, 2.45) is 0 Å². The van der Waals surface area contributed by atoms with Crippen molar-refractivity contribution in [2.45, 2.75) is 39.8 Å².